The molecule has 1 aliphatic rings. The molecular weight excluding hydrogens is 480 g/mol. The average Bonchev–Trinajstić information content (AvgIpc) is 3.14. The number of benzene rings is 1. The fourth-order valence-electron chi connectivity index (χ4n) is 3.74. The molecule has 0 radical (unpaired) electrons. The molecule has 0 spiro atoms. The van der Waals surface area contributed by atoms with Gasteiger partial charge in [-0.05, 0) is 19.9 Å². The predicted octanol–water partition coefficient (Wildman–Crippen LogP) is 1.16. The number of aliphatic hydroxyl groups excluding tert-OH is 4. The van der Waals surface area contributed by atoms with Crippen LogP contribution >= 0.6 is 0 Å². The molecule has 1 heterocycles. The lowest BCUT2D eigenvalue weighted by molar-refractivity contribution is 0.0954. The van der Waals surface area contributed by atoms with Crippen LogP contribution in [-0.4, -0.2) is 78.8 Å². The molecule has 0 saturated carbocycles. The van der Waals surface area contributed by atoms with Gasteiger partial charge in [0.25, 0.3) is 0 Å². The van der Waals surface area contributed by atoms with Crippen molar-refractivity contribution in [3.05, 3.63) is 46.3 Å². The van der Waals surface area contributed by atoms with Crippen LogP contribution in [0.2, 0.25) is 0 Å². The van der Waals surface area contributed by atoms with Gasteiger partial charge in [0.15, 0.2) is 11.3 Å². The lowest BCUT2D eigenvalue weighted by Crippen LogP contribution is -2.29. The van der Waals surface area contributed by atoms with Crippen LogP contribution in [-0.2, 0) is 4.74 Å². The van der Waals surface area contributed by atoms with E-state index in [2.05, 4.69) is 0 Å². The summed E-state index contributed by atoms with van der Waals surface area (Å²) in [7, 11) is 0. The van der Waals surface area contributed by atoms with Crippen molar-refractivity contribution in [2.75, 3.05) is 57.6 Å². The number of ether oxygens (including phenoxy) is 3. The Morgan fingerprint density at radius 2 is 1.46 bits per heavy atom. The highest BCUT2D eigenvalue weighted by Crippen LogP contribution is 2.42. The Bertz CT molecular complexity index is 1130. The van der Waals surface area contributed by atoms with E-state index >= 15 is 0 Å². The molecule has 37 heavy (non-hydrogen) atoms. The van der Waals surface area contributed by atoms with E-state index in [1.165, 1.54) is 0 Å². The summed E-state index contributed by atoms with van der Waals surface area (Å²) in [4.78, 5) is 1.72. The zero-order valence-corrected chi connectivity index (χ0v) is 20.8. The molecule has 0 aromatic heterocycles. The molecule has 0 unspecified atom stereocenters. The van der Waals surface area contributed by atoms with Crippen molar-refractivity contribution in [3.8, 4) is 29.7 Å². The molecular formula is C26H30N4O7. The number of nitrogens with zero attached hydrogens (tertiary/aromatic N) is 4. The van der Waals surface area contributed by atoms with Crippen molar-refractivity contribution < 1.29 is 34.6 Å². The lowest BCUT2D eigenvalue weighted by Gasteiger charge is -2.25. The van der Waals surface area contributed by atoms with Gasteiger partial charge in [-0.3, -0.25) is 0 Å². The molecule has 196 valence electrons. The summed E-state index contributed by atoms with van der Waals surface area (Å²) in [6.07, 6.45) is 3.22. The molecule has 1 aromatic rings. The standard InChI is InChI=1S/C26H30N4O7/c1-26(2)22(21(17-29)25(37-26)18(15-27)16-28)4-3-20-23(35-11-9-33)13-19(14-24(20)36-12-10-34)30(5-7-31)6-8-32/h3-4,13-14,31-34H,5-12H2,1-2H3/b4-3+. The maximum absolute atomic E-state index is 9.79. The van der Waals surface area contributed by atoms with E-state index < -0.39 is 5.60 Å². The number of nitriles is 3. The monoisotopic (exact) mass is 510 g/mol. The van der Waals surface area contributed by atoms with Crippen molar-refractivity contribution in [1.82, 2.24) is 0 Å². The van der Waals surface area contributed by atoms with Gasteiger partial charge in [0, 0.05) is 36.5 Å². The molecule has 11 heteroatoms. The molecule has 0 saturated heterocycles. The average molecular weight is 511 g/mol. The molecule has 4 N–H and O–H groups in total. The molecule has 0 bridgehead atoms. The Kier molecular flexibility index (Phi) is 11.0. The highest BCUT2D eigenvalue weighted by molar-refractivity contribution is 5.73. The quantitative estimate of drug-likeness (QED) is 0.279. The van der Waals surface area contributed by atoms with Crippen molar-refractivity contribution in [3.63, 3.8) is 0 Å². The normalized spacial score (nSPS) is 14.1. The smallest absolute Gasteiger partial charge is 0.172 e. The van der Waals surface area contributed by atoms with Crippen LogP contribution in [0.3, 0.4) is 0 Å². The summed E-state index contributed by atoms with van der Waals surface area (Å²) in [6.45, 7) is 2.93. The maximum Gasteiger partial charge on any atom is 0.172 e. The number of hydrogen-bond acceptors (Lipinski definition) is 11. The first-order valence-electron chi connectivity index (χ1n) is 11.5. The third-order valence-electron chi connectivity index (χ3n) is 5.37. The Hall–Kier alpha value is -4.05. The third-order valence-corrected chi connectivity index (χ3v) is 5.37. The molecule has 2 rings (SSSR count). The summed E-state index contributed by atoms with van der Waals surface area (Å²) < 4.78 is 17.3. The van der Waals surface area contributed by atoms with Gasteiger partial charge in [0.2, 0.25) is 0 Å². The van der Waals surface area contributed by atoms with Crippen molar-refractivity contribution in [1.29, 1.82) is 15.8 Å². The maximum atomic E-state index is 9.79. The number of anilines is 1. The fourth-order valence-corrected chi connectivity index (χ4v) is 3.74. The highest BCUT2D eigenvalue weighted by atomic mass is 16.5. The molecule has 0 amide bonds. The molecule has 1 aliphatic heterocycles. The van der Waals surface area contributed by atoms with Gasteiger partial charge in [-0.2, -0.15) is 15.8 Å². The van der Waals surface area contributed by atoms with E-state index in [4.69, 9.17) is 14.2 Å². The van der Waals surface area contributed by atoms with Crippen LogP contribution in [0.15, 0.2) is 40.7 Å². The molecule has 0 aliphatic carbocycles. The second kappa shape index (κ2) is 13.9. The Balaban J connectivity index is 2.74. The van der Waals surface area contributed by atoms with Crippen LogP contribution in [0, 0.1) is 34.0 Å². The largest absolute Gasteiger partial charge is 0.490 e. The second-order valence-electron chi connectivity index (χ2n) is 8.21. The van der Waals surface area contributed by atoms with Gasteiger partial charge in [0.05, 0.1) is 32.0 Å². The minimum atomic E-state index is -1.03. The summed E-state index contributed by atoms with van der Waals surface area (Å²) in [5, 5.41) is 65.9. The summed E-state index contributed by atoms with van der Waals surface area (Å²) in [5.41, 5.74) is 0.110. The van der Waals surface area contributed by atoms with Crippen molar-refractivity contribution in [2.45, 2.75) is 19.4 Å². The number of rotatable bonds is 13. The van der Waals surface area contributed by atoms with Crippen molar-refractivity contribution >= 4 is 11.8 Å². The zero-order valence-electron chi connectivity index (χ0n) is 20.8. The van der Waals surface area contributed by atoms with E-state index in [0.29, 0.717) is 28.3 Å². The first-order valence-corrected chi connectivity index (χ1v) is 11.5. The number of aliphatic hydroxyl groups is 4. The van der Waals surface area contributed by atoms with Crippen LogP contribution in [0.25, 0.3) is 6.08 Å². The van der Waals surface area contributed by atoms with Gasteiger partial charge in [-0.15, -0.1) is 0 Å². The van der Waals surface area contributed by atoms with E-state index in [0.717, 1.165) is 0 Å². The van der Waals surface area contributed by atoms with Crippen LogP contribution < -0.4 is 14.4 Å². The first kappa shape index (κ1) is 29.2. The Labute approximate surface area is 215 Å². The second-order valence-corrected chi connectivity index (χ2v) is 8.21. The van der Waals surface area contributed by atoms with Gasteiger partial charge in [-0.1, -0.05) is 6.08 Å². The minimum absolute atomic E-state index is 0.0366. The van der Waals surface area contributed by atoms with E-state index in [9.17, 15) is 36.2 Å². The van der Waals surface area contributed by atoms with Crippen LogP contribution in [0.1, 0.15) is 19.4 Å². The molecule has 0 fully saturated rings. The third kappa shape index (κ3) is 7.01. The summed E-state index contributed by atoms with van der Waals surface area (Å²) in [6, 6.07) is 8.84. The fraction of sp³-hybridized carbons (Fsp3) is 0.423. The van der Waals surface area contributed by atoms with Gasteiger partial charge in [-0.25, -0.2) is 0 Å². The van der Waals surface area contributed by atoms with Crippen molar-refractivity contribution in [2.24, 2.45) is 0 Å². The predicted molar refractivity (Wildman–Crippen MR) is 133 cm³/mol. The molecule has 0 atom stereocenters. The van der Waals surface area contributed by atoms with Crippen LogP contribution in [0.4, 0.5) is 5.69 Å². The van der Waals surface area contributed by atoms with Gasteiger partial charge in [0.1, 0.15) is 54.1 Å². The summed E-state index contributed by atoms with van der Waals surface area (Å²) in [5.74, 6) is 0.514. The summed E-state index contributed by atoms with van der Waals surface area (Å²) >= 11 is 0. The number of hydrogen-bond donors (Lipinski definition) is 4. The first-order chi connectivity index (χ1) is 17.8. The SMILES string of the molecule is CC1(C)OC(=C(C#N)C#N)C(C#N)=C1/C=C/c1c(OCCO)cc(N(CCO)CCO)cc1OCCO. The number of allylic oxidation sites excluding steroid dienone is 2. The van der Waals surface area contributed by atoms with E-state index in [1.807, 2.05) is 6.07 Å². The Morgan fingerprint density at radius 3 is 1.89 bits per heavy atom. The van der Waals surface area contributed by atoms with E-state index in [-0.39, 0.29) is 69.6 Å². The van der Waals surface area contributed by atoms with Gasteiger partial charge >= 0.3 is 0 Å². The highest BCUT2D eigenvalue weighted by Gasteiger charge is 2.38. The lowest BCUT2D eigenvalue weighted by atomic mass is 9.94. The Morgan fingerprint density at radius 1 is 0.919 bits per heavy atom. The molecule has 1 aromatic carbocycles. The van der Waals surface area contributed by atoms with Gasteiger partial charge < -0.3 is 39.5 Å². The zero-order chi connectivity index (χ0) is 27.4. The molecule has 11 nitrogen and oxygen atoms in total. The van der Waals surface area contributed by atoms with E-state index in [1.54, 1.807) is 55.2 Å². The topological polar surface area (TPSA) is 183 Å². The van der Waals surface area contributed by atoms with Crippen LogP contribution in [0.5, 0.6) is 11.5 Å². The minimum Gasteiger partial charge on any atom is -0.490 e.